The molecule has 30 heavy (non-hydrogen) atoms. The van der Waals surface area contributed by atoms with Gasteiger partial charge in [-0.2, -0.15) is 4.98 Å². The quantitative estimate of drug-likeness (QED) is 0.768. The number of hydrogen-bond donors (Lipinski definition) is 1. The fourth-order valence-corrected chi connectivity index (χ4v) is 5.59. The fraction of sp³-hybridized carbons (Fsp3) is 0.750. The lowest BCUT2D eigenvalue weighted by molar-refractivity contribution is -0.133. The first kappa shape index (κ1) is 21.3. The highest BCUT2D eigenvalue weighted by Crippen LogP contribution is 2.42. The second kappa shape index (κ2) is 7.64. The van der Waals surface area contributed by atoms with Gasteiger partial charge < -0.3 is 10.1 Å². The second-order valence-corrected chi connectivity index (χ2v) is 11.2. The molecule has 1 N–H and O–H groups in total. The Balaban J connectivity index is 1.56. The van der Waals surface area contributed by atoms with Gasteiger partial charge in [-0.3, -0.25) is 9.69 Å². The number of nitrogens with one attached hydrogen (secondary N) is 1. The number of sulfonamides is 1. The van der Waals surface area contributed by atoms with E-state index in [0.717, 1.165) is 19.3 Å². The van der Waals surface area contributed by atoms with Gasteiger partial charge in [-0.05, 0) is 45.4 Å². The summed E-state index contributed by atoms with van der Waals surface area (Å²) in [6, 6.07) is 0.191. The minimum atomic E-state index is -3.16. The Morgan fingerprint density at radius 3 is 2.50 bits per heavy atom. The van der Waals surface area contributed by atoms with Crippen molar-refractivity contribution in [3.8, 4) is 5.75 Å². The zero-order valence-corrected chi connectivity index (χ0v) is 18.9. The minimum Gasteiger partial charge on any atom is -0.472 e. The molecule has 0 bridgehead atoms. The predicted octanol–water partition coefficient (Wildman–Crippen LogP) is 2.01. The Hall–Kier alpha value is -1.94. The van der Waals surface area contributed by atoms with E-state index in [9.17, 15) is 13.2 Å². The molecule has 10 heteroatoms. The molecular formula is C20H31N5O4S. The van der Waals surface area contributed by atoms with Crippen molar-refractivity contribution in [3.63, 3.8) is 0 Å². The smallest absolute Gasteiger partial charge is 0.272 e. The van der Waals surface area contributed by atoms with Crippen LogP contribution in [0.25, 0.3) is 0 Å². The van der Waals surface area contributed by atoms with Crippen molar-refractivity contribution in [2.75, 3.05) is 29.6 Å². The van der Waals surface area contributed by atoms with Crippen molar-refractivity contribution in [2.45, 2.75) is 70.6 Å². The molecule has 4 rings (SSSR count). The van der Waals surface area contributed by atoms with Gasteiger partial charge in [-0.25, -0.2) is 17.7 Å². The van der Waals surface area contributed by atoms with E-state index in [1.165, 1.54) is 10.6 Å². The van der Waals surface area contributed by atoms with Crippen molar-refractivity contribution in [1.29, 1.82) is 0 Å². The van der Waals surface area contributed by atoms with Crippen LogP contribution < -0.4 is 15.0 Å². The number of nitrogens with zero attached hydrogens (tertiary/aromatic N) is 4. The third-order valence-electron chi connectivity index (χ3n) is 6.47. The maximum atomic E-state index is 13.2. The maximum Gasteiger partial charge on any atom is 0.272 e. The van der Waals surface area contributed by atoms with Gasteiger partial charge in [0.05, 0.1) is 12.5 Å². The third kappa shape index (κ3) is 3.99. The number of carbonyl (C=O) groups is 1. The van der Waals surface area contributed by atoms with Crippen LogP contribution in [0.1, 0.15) is 52.9 Å². The minimum absolute atomic E-state index is 0.0696. The van der Waals surface area contributed by atoms with Crippen LogP contribution in [0, 0.1) is 5.92 Å². The molecule has 2 aliphatic heterocycles. The average molecular weight is 438 g/mol. The molecule has 0 aromatic carbocycles. The zero-order chi connectivity index (χ0) is 21.7. The highest BCUT2D eigenvalue weighted by Gasteiger charge is 2.47. The number of rotatable bonds is 4. The number of aromatic nitrogens is 2. The van der Waals surface area contributed by atoms with Crippen molar-refractivity contribution < 1.29 is 17.9 Å². The average Bonchev–Trinajstić information content (AvgIpc) is 3.08. The van der Waals surface area contributed by atoms with Gasteiger partial charge in [0, 0.05) is 25.2 Å². The van der Waals surface area contributed by atoms with Crippen molar-refractivity contribution in [1.82, 2.24) is 14.3 Å². The summed E-state index contributed by atoms with van der Waals surface area (Å²) in [5.74, 6) is 1.83. The summed E-state index contributed by atoms with van der Waals surface area (Å²) in [6.07, 6.45) is 7.39. The van der Waals surface area contributed by atoms with Crippen LogP contribution in [0.5, 0.6) is 5.75 Å². The van der Waals surface area contributed by atoms with Crippen molar-refractivity contribution in [3.05, 3.63) is 6.20 Å². The first-order valence-corrected chi connectivity index (χ1v) is 12.5. The molecule has 0 radical (unpaired) electrons. The Labute approximate surface area is 178 Å². The summed E-state index contributed by atoms with van der Waals surface area (Å²) in [4.78, 5) is 24.1. The van der Waals surface area contributed by atoms with Crippen LogP contribution in [0.15, 0.2) is 6.20 Å². The first-order chi connectivity index (χ1) is 14.1. The largest absolute Gasteiger partial charge is 0.472 e. The molecule has 1 aromatic rings. The van der Waals surface area contributed by atoms with Crippen molar-refractivity contribution in [2.24, 2.45) is 5.92 Å². The lowest BCUT2D eigenvalue weighted by atomic mass is 9.99. The molecule has 3 aliphatic rings. The Kier molecular flexibility index (Phi) is 5.42. The number of carbonyl (C=O) groups excluding carboxylic acids is 1. The number of piperidine rings is 1. The van der Waals surface area contributed by atoms with Crippen LogP contribution in [0.3, 0.4) is 0 Å². The Morgan fingerprint density at radius 2 is 1.90 bits per heavy atom. The molecule has 2 atom stereocenters. The summed E-state index contributed by atoms with van der Waals surface area (Å²) in [7, 11) is -3.16. The number of anilines is 2. The zero-order valence-electron chi connectivity index (χ0n) is 18.1. The molecule has 3 heterocycles. The van der Waals surface area contributed by atoms with Crippen LogP contribution >= 0.6 is 0 Å². The van der Waals surface area contributed by atoms with Crippen LogP contribution in [-0.4, -0.2) is 65.6 Å². The highest BCUT2D eigenvalue weighted by atomic mass is 32.2. The summed E-state index contributed by atoms with van der Waals surface area (Å²) in [5.41, 5.74) is -0.952. The molecule has 9 nitrogen and oxygen atoms in total. The van der Waals surface area contributed by atoms with E-state index in [2.05, 4.69) is 22.2 Å². The molecule has 2 fully saturated rings. The molecule has 1 aromatic heterocycles. The van der Waals surface area contributed by atoms with E-state index in [4.69, 9.17) is 4.74 Å². The number of hydrogen-bond acceptors (Lipinski definition) is 7. The SMILES string of the molecule is C[C@H]1CCC[C@@H]1N1C(=O)C(C)(C)Oc2cnc(NC3CCN(S(C)(=O)=O)CC3)nc21. The van der Waals surface area contributed by atoms with Gasteiger partial charge in [-0.15, -0.1) is 0 Å². The number of amides is 1. The van der Waals surface area contributed by atoms with E-state index in [1.807, 2.05) is 4.90 Å². The molecular weight excluding hydrogens is 406 g/mol. The van der Waals surface area contributed by atoms with Gasteiger partial charge in [-0.1, -0.05) is 13.3 Å². The number of ether oxygens (including phenoxy) is 1. The van der Waals surface area contributed by atoms with E-state index in [0.29, 0.717) is 49.4 Å². The summed E-state index contributed by atoms with van der Waals surface area (Å²) >= 11 is 0. The molecule has 0 spiro atoms. The summed E-state index contributed by atoms with van der Waals surface area (Å²) in [5, 5.41) is 3.32. The Bertz CT molecular complexity index is 927. The lowest BCUT2D eigenvalue weighted by Gasteiger charge is -2.41. The van der Waals surface area contributed by atoms with Gasteiger partial charge in [0.2, 0.25) is 16.0 Å². The van der Waals surface area contributed by atoms with Gasteiger partial charge >= 0.3 is 0 Å². The molecule has 1 saturated carbocycles. The van der Waals surface area contributed by atoms with E-state index < -0.39 is 15.6 Å². The topological polar surface area (TPSA) is 105 Å². The normalized spacial score (nSPS) is 27.6. The first-order valence-electron chi connectivity index (χ1n) is 10.7. The van der Waals surface area contributed by atoms with Crippen LogP contribution in [-0.2, 0) is 14.8 Å². The number of fused-ring (bicyclic) bond motifs is 1. The Morgan fingerprint density at radius 1 is 1.20 bits per heavy atom. The monoisotopic (exact) mass is 437 g/mol. The van der Waals surface area contributed by atoms with Crippen molar-refractivity contribution >= 4 is 27.7 Å². The standard InChI is InChI=1S/C20H31N5O4S/c1-13-6-5-7-15(13)25-17-16(29-20(2,3)18(25)26)12-21-19(23-17)22-14-8-10-24(11-9-14)30(4,27)28/h12-15H,5-11H2,1-4H3,(H,21,22,23)/t13-,15-/m0/s1. The van der Waals surface area contributed by atoms with E-state index in [-0.39, 0.29) is 18.0 Å². The molecule has 166 valence electrons. The maximum absolute atomic E-state index is 13.2. The third-order valence-corrected chi connectivity index (χ3v) is 7.77. The molecule has 0 unspecified atom stereocenters. The lowest BCUT2D eigenvalue weighted by Crippen LogP contribution is -2.57. The van der Waals surface area contributed by atoms with Crippen LogP contribution in [0.4, 0.5) is 11.8 Å². The van der Waals surface area contributed by atoms with Gasteiger partial charge in [0.15, 0.2) is 17.2 Å². The fourth-order valence-electron chi connectivity index (χ4n) is 4.71. The van der Waals surface area contributed by atoms with Gasteiger partial charge in [0.25, 0.3) is 5.91 Å². The van der Waals surface area contributed by atoms with Gasteiger partial charge in [0.1, 0.15) is 0 Å². The van der Waals surface area contributed by atoms with Crippen LogP contribution in [0.2, 0.25) is 0 Å². The van der Waals surface area contributed by atoms with E-state index >= 15 is 0 Å². The second-order valence-electron chi connectivity index (χ2n) is 9.23. The highest BCUT2D eigenvalue weighted by molar-refractivity contribution is 7.88. The molecule has 1 saturated heterocycles. The summed E-state index contributed by atoms with van der Waals surface area (Å²) in [6.45, 7) is 6.70. The predicted molar refractivity (Wildman–Crippen MR) is 114 cm³/mol. The molecule has 1 amide bonds. The van der Waals surface area contributed by atoms with E-state index in [1.54, 1.807) is 20.0 Å². The molecule has 1 aliphatic carbocycles. The summed E-state index contributed by atoms with van der Waals surface area (Å²) < 4.78 is 30.9.